The summed E-state index contributed by atoms with van der Waals surface area (Å²) in [5, 5.41) is 13.2. The number of piperidine rings is 1. The van der Waals surface area contributed by atoms with Crippen molar-refractivity contribution in [2.24, 2.45) is 5.92 Å². The molecule has 0 spiro atoms. The Morgan fingerprint density at radius 3 is 2.60 bits per heavy atom. The van der Waals surface area contributed by atoms with E-state index in [1.54, 1.807) is 0 Å². The van der Waals surface area contributed by atoms with Crippen molar-refractivity contribution in [3.8, 4) is 0 Å². The fraction of sp³-hybridized carbons (Fsp3) is 0.833. The van der Waals surface area contributed by atoms with E-state index < -0.39 is 5.97 Å². The summed E-state index contributed by atoms with van der Waals surface area (Å²) in [5.74, 6) is -1.17. The summed E-state index contributed by atoms with van der Waals surface area (Å²) >= 11 is 0. The van der Waals surface area contributed by atoms with Gasteiger partial charge in [-0.3, -0.25) is 0 Å². The summed E-state index contributed by atoms with van der Waals surface area (Å²) in [6.07, 6.45) is 1.73. The zero-order valence-electron chi connectivity index (χ0n) is 6.22. The molecule has 1 rings (SSSR count). The van der Waals surface area contributed by atoms with Gasteiger partial charge in [0.25, 0.3) is 0 Å². The van der Waals surface area contributed by atoms with E-state index in [1.165, 1.54) is 0 Å². The van der Waals surface area contributed by atoms with Crippen LogP contribution in [0.5, 0.6) is 0 Å². The summed E-state index contributed by atoms with van der Waals surface area (Å²) in [6.45, 7) is 1.53. The van der Waals surface area contributed by atoms with E-state index in [2.05, 4.69) is 5.32 Å². The molecule has 0 aromatic heterocycles. The second kappa shape index (κ2) is 5.13. The second-order valence-electron chi connectivity index (χ2n) is 2.36. The van der Waals surface area contributed by atoms with Crippen LogP contribution in [0.2, 0.25) is 0 Å². The van der Waals surface area contributed by atoms with Gasteiger partial charge in [-0.1, -0.05) is 0 Å². The van der Waals surface area contributed by atoms with Gasteiger partial charge in [-0.15, -0.1) is 0 Å². The van der Waals surface area contributed by atoms with Gasteiger partial charge in [0.2, 0.25) is 0 Å². The van der Waals surface area contributed by atoms with Crippen molar-refractivity contribution in [2.45, 2.75) is 12.8 Å². The third kappa shape index (κ3) is 3.01. The zero-order chi connectivity index (χ0) is 6.69. The minimum absolute atomic E-state index is 0. The smallest absolute Gasteiger partial charge is 0.550 e. The van der Waals surface area contributed by atoms with Crippen LogP contribution in [0.15, 0.2) is 0 Å². The molecule has 1 aliphatic heterocycles. The van der Waals surface area contributed by atoms with Gasteiger partial charge in [0.05, 0.1) is 0 Å². The Kier molecular flexibility index (Phi) is 5.35. The molecule has 0 radical (unpaired) electrons. The Morgan fingerprint density at radius 1 is 1.60 bits per heavy atom. The molecule has 0 amide bonds. The van der Waals surface area contributed by atoms with Crippen LogP contribution >= 0.6 is 0 Å². The van der Waals surface area contributed by atoms with Crippen molar-refractivity contribution in [3.63, 3.8) is 0 Å². The summed E-state index contributed by atoms with van der Waals surface area (Å²) in [5.41, 5.74) is 0. The molecule has 0 bridgehead atoms. The van der Waals surface area contributed by atoms with E-state index in [9.17, 15) is 9.90 Å². The molecule has 0 saturated carbocycles. The van der Waals surface area contributed by atoms with Crippen LogP contribution in [0.3, 0.4) is 0 Å². The van der Waals surface area contributed by atoms with Gasteiger partial charge in [-0.25, -0.2) is 0 Å². The molecule has 0 aromatic carbocycles. The number of rotatable bonds is 1. The molecule has 4 heteroatoms. The monoisotopic (exact) mass is 151 g/mol. The number of hydrogen-bond donors (Lipinski definition) is 1. The molecule has 1 heterocycles. The standard InChI is InChI=1S/C6H11NO2.Na/c8-6(9)5-2-1-3-7-4-5;/h5,7H,1-4H2,(H,8,9);/q;+1/p-1. The summed E-state index contributed by atoms with van der Waals surface area (Å²) < 4.78 is 0. The summed E-state index contributed by atoms with van der Waals surface area (Å²) in [4.78, 5) is 10.2. The number of hydrogen-bond acceptors (Lipinski definition) is 3. The first-order valence-electron chi connectivity index (χ1n) is 3.22. The Bertz CT molecular complexity index is 112. The summed E-state index contributed by atoms with van der Waals surface area (Å²) in [6, 6.07) is 0. The Morgan fingerprint density at radius 2 is 2.30 bits per heavy atom. The van der Waals surface area contributed by atoms with Gasteiger partial charge in [0.15, 0.2) is 0 Å². The topological polar surface area (TPSA) is 52.2 Å². The van der Waals surface area contributed by atoms with Crippen LogP contribution in [0, 0.1) is 5.92 Å². The van der Waals surface area contributed by atoms with Gasteiger partial charge in [-0.05, 0) is 19.4 Å². The zero-order valence-corrected chi connectivity index (χ0v) is 8.22. The van der Waals surface area contributed by atoms with Crippen molar-refractivity contribution < 1.29 is 39.5 Å². The maximum Gasteiger partial charge on any atom is 1.00 e. The third-order valence-corrected chi connectivity index (χ3v) is 1.63. The van der Waals surface area contributed by atoms with Gasteiger partial charge in [0.1, 0.15) is 0 Å². The molecule has 0 aromatic rings. The van der Waals surface area contributed by atoms with Crippen molar-refractivity contribution in [1.82, 2.24) is 5.32 Å². The molecular formula is C6H10NNaO2. The molecule has 1 unspecified atom stereocenters. The van der Waals surface area contributed by atoms with Crippen LogP contribution in [0.25, 0.3) is 0 Å². The second-order valence-corrected chi connectivity index (χ2v) is 2.36. The first kappa shape index (κ1) is 10.4. The maximum absolute atomic E-state index is 10.2. The van der Waals surface area contributed by atoms with Crippen LogP contribution in [0.4, 0.5) is 0 Å². The number of aliphatic carboxylic acids is 1. The fourth-order valence-electron chi connectivity index (χ4n) is 1.05. The average Bonchev–Trinajstić information content (AvgIpc) is 1.90. The quantitative estimate of drug-likeness (QED) is 0.386. The Hall–Kier alpha value is 0.430. The number of carboxylic acid groups (broad SMARTS) is 1. The molecule has 1 saturated heterocycles. The van der Waals surface area contributed by atoms with Gasteiger partial charge >= 0.3 is 29.6 Å². The van der Waals surface area contributed by atoms with Gasteiger partial charge in [0, 0.05) is 18.4 Å². The fourth-order valence-corrected chi connectivity index (χ4v) is 1.05. The van der Waals surface area contributed by atoms with Gasteiger partial charge < -0.3 is 15.2 Å². The minimum atomic E-state index is -0.915. The molecule has 1 N–H and O–H groups in total. The molecule has 3 nitrogen and oxygen atoms in total. The number of nitrogens with one attached hydrogen (secondary N) is 1. The van der Waals surface area contributed by atoms with Crippen molar-refractivity contribution in [3.05, 3.63) is 0 Å². The van der Waals surface area contributed by atoms with Crippen LogP contribution in [0.1, 0.15) is 12.8 Å². The number of carbonyl (C=O) groups is 1. The normalized spacial score (nSPS) is 25.0. The molecule has 52 valence electrons. The van der Waals surface area contributed by atoms with Crippen LogP contribution in [-0.2, 0) is 4.79 Å². The third-order valence-electron chi connectivity index (χ3n) is 1.63. The Balaban J connectivity index is 0.000000810. The molecule has 1 aliphatic rings. The Labute approximate surface area is 82.5 Å². The van der Waals surface area contributed by atoms with Crippen LogP contribution in [-0.4, -0.2) is 19.1 Å². The van der Waals surface area contributed by atoms with Crippen molar-refractivity contribution in [1.29, 1.82) is 0 Å². The molecule has 0 aliphatic carbocycles. The predicted molar refractivity (Wildman–Crippen MR) is 30.6 cm³/mol. The van der Waals surface area contributed by atoms with E-state index in [0.717, 1.165) is 19.4 Å². The molecule has 1 fully saturated rings. The minimum Gasteiger partial charge on any atom is -0.550 e. The van der Waals surface area contributed by atoms with Gasteiger partial charge in [-0.2, -0.15) is 0 Å². The van der Waals surface area contributed by atoms with Crippen molar-refractivity contribution >= 4 is 5.97 Å². The van der Waals surface area contributed by atoms with E-state index in [-0.39, 0.29) is 35.5 Å². The first-order chi connectivity index (χ1) is 4.30. The first-order valence-corrected chi connectivity index (χ1v) is 3.22. The average molecular weight is 151 g/mol. The SMILES string of the molecule is O=C([O-])C1CCCNC1.[Na+]. The molecule has 10 heavy (non-hydrogen) atoms. The van der Waals surface area contributed by atoms with Crippen LogP contribution < -0.4 is 40.0 Å². The molecule has 1 atom stereocenters. The van der Waals surface area contributed by atoms with E-state index in [4.69, 9.17) is 0 Å². The summed E-state index contributed by atoms with van der Waals surface area (Å²) in [7, 11) is 0. The number of carboxylic acids is 1. The largest absolute Gasteiger partial charge is 1.00 e. The number of carbonyl (C=O) groups excluding carboxylic acids is 1. The van der Waals surface area contributed by atoms with E-state index in [0.29, 0.717) is 6.54 Å². The predicted octanol–water partition coefficient (Wildman–Crippen LogP) is -4.26. The van der Waals surface area contributed by atoms with E-state index in [1.807, 2.05) is 0 Å². The van der Waals surface area contributed by atoms with E-state index >= 15 is 0 Å². The molecular weight excluding hydrogens is 141 g/mol. The van der Waals surface area contributed by atoms with Crippen molar-refractivity contribution in [2.75, 3.05) is 13.1 Å². The maximum atomic E-state index is 10.2.